The highest BCUT2D eigenvalue weighted by molar-refractivity contribution is 7.99. The van der Waals surface area contributed by atoms with Gasteiger partial charge < -0.3 is 9.64 Å². The molecule has 0 saturated carbocycles. The average Bonchev–Trinajstić information content (AvgIpc) is 2.45. The highest BCUT2D eigenvalue weighted by Crippen LogP contribution is 2.23. The van der Waals surface area contributed by atoms with Gasteiger partial charge in [-0.15, -0.1) is 0 Å². The van der Waals surface area contributed by atoms with Crippen molar-refractivity contribution in [1.29, 1.82) is 0 Å². The van der Waals surface area contributed by atoms with E-state index in [1.165, 1.54) is 76.1 Å². The zero-order valence-electron chi connectivity index (χ0n) is 14.8. The first-order chi connectivity index (χ1) is 10.0. The molecule has 0 aromatic rings. The van der Waals surface area contributed by atoms with Gasteiger partial charge in [-0.2, -0.15) is 11.8 Å². The molecule has 0 bridgehead atoms. The topological polar surface area (TPSA) is 12.5 Å². The molecule has 1 atom stereocenters. The van der Waals surface area contributed by atoms with Crippen molar-refractivity contribution in [2.24, 2.45) is 5.41 Å². The molecule has 0 unspecified atom stereocenters. The van der Waals surface area contributed by atoms with E-state index in [2.05, 4.69) is 37.4 Å². The number of unbranched alkanes of at least 4 members (excludes halogenated alkanes) is 2. The molecule has 0 spiro atoms. The maximum absolute atomic E-state index is 5.65. The Morgan fingerprint density at radius 2 is 1.67 bits per heavy atom. The number of hydrogen-bond acceptors (Lipinski definition) is 3. The largest absolute Gasteiger partial charge is 0.381 e. The molecule has 0 radical (unpaired) electrons. The third-order valence-electron chi connectivity index (χ3n) is 4.39. The average molecular weight is 316 g/mol. The lowest BCUT2D eigenvalue weighted by atomic mass is 9.89. The van der Waals surface area contributed by atoms with Gasteiger partial charge in [-0.25, -0.2) is 0 Å². The van der Waals surface area contributed by atoms with Crippen LogP contribution in [0, 0.1) is 5.41 Å². The molecule has 1 aliphatic heterocycles. The van der Waals surface area contributed by atoms with Gasteiger partial charge in [-0.3, -0.25) is 0 Å². The molecule has 126 valence electrons. The molecule has 0 N–H and O–H groups in total. The van der Waals surface area contributed by atoms with E-state index >= 15 is 0 Å². The minimum Gasteiger partial charge on any atom is -0.381 e. The first-order valence-electron chi connectivity index (χ1n) is 8.84. The molecule has 1 aliphatic rings. The number of rotatable bonds is 10. The summed E-state index contributed by atoms with van der Waals surface area (Å²) < 4.78 is 5.65. The summed E-state index contributed by atoms with van der Waals surface area (Å²) in [5.41, 5.74) is 0.463. The maximum Gasteiger partial charge on any atom is 0.0571 e. The van der Waals surface area contributed by atoms with Gasteiger partial charge >= 0.3 is 0 Å². The third kappa shape index (κ3) is 10.6. The van der Waals surface area contributed by atoms with Crippen molar-refractivity contribution in [2.75, 3.05) is 38.2 Å². The van der Waals surface area contributed by atoms with Crippen molar-refractivity contribution >= 4 is 11.8 Å². The zero-order chi connectivity index (χ0) is 15.6. The van der Waals surface area contributed by atoms with Crippen molar-refractivity contribution in [3.05, 3.63) is 0 Å². The van der Waals surface area contributed by atoms with Crippen LogP contribution in [-0.4, -0.2) is 49.3 Å². The molecule has 1 fully saturated rings. The summed E-state index contributed by atoms with van der Waals surface area (Å²) in [5.74, 6) is 2.67. The quantitative estimate of drug-likeness (QED) is 0.536. The lowest BCUT2D eigenvalue weighted by Gasteiger charge is -2.26. The van der Waals surface area contributed by atoms with Gasteiger partial charge in [-0.1, -0.05) is 40.0 Å². The van der Waals surface area contributed by atoms with Crippen LogP contribution < -0.4 is 0 Å². The Hall–Kier alpha value is 0.270. The normalized spacial score (nSPS) is 18.9. The Morgan fingerprint density at radius 1 is 1.00 bits per heavy atom. The van der Waals surface area contributed by atoms with E-state index in [1.807, 2.05) is 7.11 Å². The number of methoxy groups -OCH3 is 1. The Bertz CT molecular complexity index is 246. The fourth-order valence-electron chi connectivity index (χ4n) is 2.95. The van der Waals surface area contributed by atoms with Gasteiger partial charge in [0.15, 0.2) is 0 Å². The van der Waals surface area contributed by atoms with E-state index in [0.717, 1.165) is 0 Å². The summed E-state index contributed by atoms with van der Waals surface area (Å²) >= 11 is 2.10. The second-order valence-electron chi connectivity index (χ2n) is 7.61. The van der Waals surface area contributed by atoms with Gasteiger partial charge in [0.25, 0.3) is 0 Å². The van der Waals surface area contributed by atoms with Crippen molar-refractivity contribution in [3.8, 4) is 0 Å². The summed E-state index contributed by atoms with van der Waals surface area (Å²) in [4.78, 5) is 2.63. The van der Waals surface area contributed by atoms with Crippen LogP contribution in [0.3, 0.4) is 0 Å². The van der Waals surface area contributed by atoms with E-state index in [4.69, 9.17) is 4.74 Å². The Labute approximate surface area is 137 Å². The van der Waals surface area contributed by atoms with Crippen LogP contribution in [0.25, 0.3) is 0 Å². The second kappa shape index (κ2) is 10.9. The van der Waals surface area contributed by atoms with Gasteiger partial charge in [0.1, 0.15) is 0 Å². The molecule has 1 saturated heterocycles. The molecular formula is C18H37NOS. The zero-order valence-corrected chi connectivity index (χ0v) is 15.6. The van der Waals surface area contributed by atoms with Gasteiger partial charge in [0.05, 0.1) is 6.10 Å². The smallest absolute Gasteiger partial charge is 0.0571 e. The lowest BCUT2D eigenvalue weighted by molar-refractivity contribution is 0.0807. The van der Waals surface area contributed by atoms with E-state index in [-0.39, 0.29) is 0 Å². The first-order valence-corrected chi connectivity index (χ1v) is 9.99. The molecular weight excluding hydrogens is 278 g/mol. The van der Waals surface area contributed by atoms with Crippen LogP contribution >= 0.6 is 11.8 Å². The molecule has 21 heavy (non-hydrogen) atoms. The van der Waals surface area contributed by atoms with Crippen LogP contribution in [0.15, 0.2) is 0 Å². The Morgan fingerprint density at radius 3 is 2.29 bits per heavy atom. The van der Waals surface area contributed by atoms with Gasteiger partial charge in [0.2, 0.25) is 0 Å². The fourth-order valence-corrected chi connectivity index (χ4v) is 3.93. The van der Waals surface area contributed by atoms with Crippen molar-refractivity contribution in [1.82, 2.24) is 4.90 Å². The van der Waals surface area contributed by atoms with Crippen LogP contribution in [0.5, 0.6) is 0 Å². The molecule has 2 nitrogen and oxygen atoms in total. The van der Waals surface area contributed by atoms with E-state index in [1.54, 1.807) is 0 Å². The summed E-state index contributed by atoms with van der Waals surface area (Å²) in [5, 5.41) is 0. The summed E-state index contributed by atoms with van der Waals surface area (Å²) in [7, 11) is 1.88. The summed E-state index contributed by atoms with van der Waals surface area (Å²) in [6.45, 7) is 10.9. The minimum absolute atomic E-state index is 0.463. The Balaban J connectivity index is 1.98. The SMILES string of the molecule is CO[C@@H](CCCCCN1CCSCC1)CCCC(C)(C)C. The van der Waals surface area contributed by atoms with Crippen LogP contribution in [0.1, 0.15) is 65.7 Å². The predicted molar refractivity (Wildman–Crippen MR) is 96.3 cm³/mol. The molecule has 0 aromatic heterocycles. The number of hydrogen-bond donors (Lipinski definition) is 0. The number of ether oxygens (including phenoxy) is 1. The molecule has 1 rings (SSSR count). The van der Waals surface area contributed by atoms with Crippen molar-refractivity contribution < 1.29 is 4.74 Å². The second-order valence-corrected chi connectivity index (χ2v) is 8.84. The van der Waals surface area contributed by atoms with Crippen molar-refractivity contribution in [2.45, 2.75) is 71.8 Å². The molecule has 0 aliphatic carbocycles. The number of nitrogens with zero attached hydrogens (tertiary/aromatic N) is 1. The van der Waals surface area contributed by atoms with Crippen LogP contribution in [0.2, 0.25) is 0 Å². The minimum atomic E-state index is 0.463. The molecule has 0 amide bonds. The van der Waals surface area contributed by atoms with Crippen molar-refractivity contribution in [3.63, 3.8) is 0 Å². The molecule has 1 heterocycles. The first kappa shape index (κ1) is 19.3. The van der Waals surface area contributed by atoms with Crippen LogP contribution in [0.4, 0.5) is 0 Å². The van der Waals surface area contributed by atoms with Gasteiger partial charge in [0, 0.05) is 31.7 Å². The highest BCUT2D eigenvalue weighted by Gasteiger charge is 2.13. The van der Waals surface area contributed by atoms with E-state index in [0.29, 0.717) is 11.5 Å². The summed E-state index contributed by atoms with van der Waals surface area (Å²) in [6, 6.07) is 0. The fraction of sp³-hybridized carbons (Fsp3) is 1.00. The number of thioether (sulfide) groups is 1. The maximum atomic E-state index is 5.65. The van der Waals surface area contributed by atoms with E-state index in [9.17, 15) is 0 Å². The molecule has 0 aromatic carbocycles. The third-order valence-corrected chi connectivity index (χ3v) is 5.33. The van der Waals surface area contributed by atoms with Crippen LogP contribution in [-0.2, 0) is 4.74 Å². The Kier molecular flexibility index (Phi) is 10.0. The highest BCUT2D eigenvalue weighted by atomic mass is 32.2. The standard InChI is InChI=1S/C18H37NOS/c1-18(2,3)11-8-10-17(20-4)9-6-5-7-12-19-13-15-21-16-14-19/h17H,5-16H2,1-4H3/t17-/m0/s1. The van der Waals surface area contributed by atoms with Gasteiger partial charge in [-0.05, 0) is 37.6 Å². The monoisotopic (exact) mass is 315 g/mol. The predicted octanol–water partition coefficient (Wildman–Crippen LogP) is 4.83. The summed E-state index contributed by atoms with van der Waals surface area (Å²) in [6.07, 6.45) is 9.63. The molecule has 3 heteroatoms. The lowest BCUT2D eigenvalue weighted by Crippen LogP contribution is -2.33. The van der Waals surface area contributed by atoms with E-state index < -0.39 is 0 Å².